The van der Waals surface area contributed by atoms with Gasteiger partial charge in [0.25, 0.3) is 0 Å². The fourth-order valence-corrected chi connectivity index (χ4v) is 7.94. The van der Waals surface area contributed by atoms with Crippen molar-refractivity contribution in [2.75, 3.05) is 0 Å². The quantitative estimate of drug-likeness (QED) is 0.125. The van der Waals surface area contributed by atoms with Gasteiger partial charge in [-0.05, 0) is 71.9 Å². The number of carbonyl (C=O) groups excluding carboxylic acids is 1. The second-order valence-corrected chi connectivity index (χ2v) is 13.0. The van der Waals surface area contributed by atoms with Crippen molar-refractivity contribution in [2.24, 2.45) is 0 Å². The fourth-order valence-electron chi connectivity index (χ4n) is 6.68. The minimum absolute atomic E-state index is 0.286. The third-order valence-corrected chi connectivity index (χ3v) is 9.71. The molecule has 1 aliphatic rings. The first-order valence-electron chi connectivity index (χ1n) is 16.8. The lowest BCUT2D eigenvalue weighted by atomic mass is 9.77. The number of thioether (sulfide) groups is 1. The molecule has 0 spiro atoms. The predicted octanol–water partition coefficient (Wildman–Crippen LogP) is 12.3. The molecule has 0 aliphatic carbocycles. The molecule has 1 atom stereocenters. The number of fused-ring (bicyclic) bond motifs is 1. The first-order chi connectivity index (χ1) is 19.6. The molecule has 0 amide bonds. The Labute approximate surface area is 251 Å². The molecule has 40 heavy (non-hydrogen) atoms. The molecule has 2 aromatic rings. The van der Waals surface area contributed by atoms with Crippen LogP contribution < -0.4 is 0 Å². The lowest BCUT2D eigenvalue weighted by Gasteiger charge is -2.28. The summed E-state index contributed by atoms with van der Waals surface area (Å²) in [6, 6.07) is 10.4. The Hall–Kier alpha value is -1.80. The zero-order valence-electron chi connectivity index (χ0n) is 26.4. The Morgan fingerprint density at radius 1 is 0.650 bits per heavy atom. The van der Waals surface area contributed by atoms with Crippen LogP contribution in [-0.2, 0) is 19.3 Å². The van der Waals surface area contributed by atoms with E-state index in [1.165, 1.54) is 86.7 Å². The molecule has 0 saturated heterocycles. The zero-order chi connectivity index (χ0) is 28.7. The largest absolute Gasteiger partial charge is 0.288 e. The van der Waals surface area contributed by atoms with Gasteiger partial charge in [0.15, 0.2) is 0 Å². The molecule has 2 heteroatoms. The summed E-state index contributed by atoms with van der Waals surface area (Å²) in [5, 5.41) is 0. The Kier molecular flexibility index (Phi) is 14.6. The average molecular weight is 561 g/mol. The molecule has 1 heterocycles. The highest BCUT2D eigenvalue weighted by atomic mass is 32.2. The molecule has 0 bridgehead atoms. The normalized spacial score (nSPS) is 14.7. The summed E-state index contributed by atoms with van der Waals surface area (Å²) >= 11 is 1.78. The topological polar surface area (TPSA) is 17.1 Å². The average Bonchev–Trinajstić information content (AvgIpc) is 3.27. The van der Waals surface area contributed by atoms with E-state index in [4.69, 9.17) is 0 Å². The van der Waals surface area contributed by atoms with Gasteiger partial charge in [-0.3, -0.25) is 4.79 Å². The number of unbranched alkanes of at least 4 members (excludes halogenated alkanes) is 7. The van der Waals surface area contributed by atoms with E-state index in [9.17, 15) is 4.79 Å². The molecule has 1 nitrogen and oxygen atoms in total. The molecule has 3 rings (SSSR count). The SMILES string of the molecule is CCCCCCCCCCC(CCC)c1c(CCC)c(CCC)c(CCC)c2c1C(=O)C(=Cc1ccccc1)S2. The molecule has 2 aromatic carbocycles. The van der Waals surface area contributed by atoms with Crippen LogP contribution in [0, 0.1) is 0 Å². The summed E-state index contributed by atoms with van der Waals surface area (Å²) in [4.78, 5) is 16.5. The van der Waals surface area contributed by atoms with Gasteiger partial charge in [-0.2, -0.15) is 0 Å². The summed E-state index contributed by atoms with van der Waals surface area (Å²) in [5.74, 6) is 0.779. The summed E-state index contributed by atoms with van der Waals surface area (Å²) < 4.78 is 0. The van der Waals surface area contributed by atoms with Crippen molar-refractivity contribution >= 4 is 23.6 Å². The lowest BCUT2D eigenvalue weighted by molar-refractivity contribution is 0.104. The van der Waals surface area contributed by atoms with Crippen LogP contribution in [0.4, 0.5) is 0 Å². The van der Waals surface area contributed by atoms with Gasteiger partial charge in [-0.1, -0.05) is 154 Å². The molecule has 0 radical (unpaired) electrons. The molecule has 220 valence electrons. The van der Waals surface area contributed by atoms with Crippen molar-refractivity contribution in [2.45, 2.75) is 155 Å². The number of Topliss-reactive ketones (excluding diaryl/α,β-unsaturated/α-hetero) is 1. The molecular weight excluding hydrogens is 504 g/mol. The maximum Gasteiger partial charge on any atom is 0.201 e. The van der Waals surface area contributed by atoms with Gasteiger partial charge in [0, 0.05) is 10.5 Å². The van der Waals surface area contributed by atoms with E-state index in [1.807, 2.05) is 6.07 Å². The predicted molar refractivity (Wildman–Crippen MR) is 178 cm³/mol. The van der Waals surface area contributed by atoms with Gasteiger partial charge in [0.1, 0.15) is 0 Å². The summed E-state index contributed by atoms with van der Waals surface area (Å²) in [6.07, 6.45) is 23.3. The van der Waals surface area contributed by atoms with Crippen LogP contribution in [0.5, 0.6) is 0 Å². The van der Waals surface area contributed by atoms with Gasteiger partial charge < -0.3 is 0 Å². The zero-order valence-corrected chi connectivity index (χ0v) is 27.2. The minimum Gasteiger partial charge on any atom is -0.288 e. The molecular formula is C38H56OS. The van der Waals surface area contributed by atoms with E-state index >= 15 is 0 Å². The van der Waals surface area contributed by atoms with Crippen LogP contribution in [0.1, 0.15) is 169 Å². The van der Waals surface area contributed by atoms with Gasteiger partial charge in [0.2, 0.25) is 5.78 Å². The van der Waals surface area contributed by atoms with E-state index in [0.29, 0.717) is 5.92 Å². The van der Waals surface area contributed by atoms with Crippen molar-refractivity contribution in [3.05, 3.63) is 68.6 Å². The number of benzene rings is 2. The maximum absolute atomic E-state index is 14.3. The number of ketones is 1. The minimum atomic E-state index is 0.286. The van der Waals surface area contributed by atoms with E-state index in [2.05, 4.69) is 65.0 Å². The highest BCUT2D eigenvalue weighted by molar-refractivity contribution is 8.05. The van der Waals surface area contributed by atoms with Crippen molar-refractivity contribution in [3.8, 4) is 0 Å². The number of carbonyl (C=O) groups is 1. The van der Waals surface area contributed by atoms with E-state index in [0.717, 1.165) is 54.6 Å². The van der Waals surface area contributed by atoms with Crippen LogP contribution >= 0.6 is 11.8 Å². The monoisotopic (exact) mass is 560 g/mol. The second kappa shape index (κ2) is 17.9. The van der Waals surface area contributed by atoms with Crippen LogP contribution in [0.3, 0.4) is 0 Å². The third kappa shape index (κ3) is 8.60. The molecule has 0 aromatic heterocycles. The summed E-state index contributed by atoms with van der Waals surface area (Å²) in [7, 11) is 0. The Morgan fingerprint density at radius 3 is 1.88 bits per heavy atom. The van der Waals surface area contributed by atoms with Crippen LogP contribution in [0.25, 0.3) is 6.08 Å². The number of rotatable bonds is 19. The van der Waals surface area contributed by atoms with Crippen molar-refractivity contribution in [3.63, 3.8) is 0 Å². The van der Waals surface area contributed by atoms with Gasteiger partial charge in [-0.25, -0.2) is 0 Å². The maximum atomic E-state index is 14.3. The van der Waals surface area contributed by atoms with E-state index in [-0.39, 0.29) is 5.78 Å². The number of hydrogen-bond donors (Lipinski definition) is 0. The fraction of sp³-hybridized carbons (Fsp3) is 0.605. The van der Waals surface area contributed by atoms with Gasteiger partial charge in [0.05, 0.1) is 4.91 Å². The number of allylic oxidation sites excluding steroid dienone is 1. The van der Waals surface area contributed by atoms with Crippen LogP contribution in [0.15, 0.2) is 40.1 Å². The smallest absolute Gasteiger partial charge is 0.201 e. The van der Waals surface area contributed by atoms with E-state index < -0.39 is 0 Å². The number of hydrogen-bond acceptors (Lipinski definition) is 2. The van der Waals surface area contributed by atoms with Crippen molar-refractivity contribution < 1.29 is 4.79 Å². The standard InChI is InChI=1S/C38H56OS/c1-6-11-12-13-14-15-16-20-27-30(21-7-2)35-32(23-9-4)31(22-8-3)33(24-10-5)38-36(35)37(39)34(40-38)28-29-25-18-17-19-26-29/h17-19,25-26,28,30H,6-16,20-24,27H2,1-5H3. The first-order valence-corrected chi connectivity index (χ1v) is 17.6. The molecule has 0 saturated carbocycles. The Morgan fingerprint density at radius 2 is 1.25 bits per heavy atom. The Bertz CT molecular complexity index is 1080. The lowest BCUT2D eigenvalue weighted by Crippen LogP contribution is -2.16. The second-order valence-electron chi connectivity index (χ2n) is 11.9. The Balaban J connectivity index is 2.04. The molecule has 1 aliphatic heterocycles. The van der Waals surface area contributed by atoms with Gasteiger partial charge >= 0.3 is 0 Å². The third-order valence-electron chi connectivity index (χ3n) is 8.54. The molecule has 1 unspecified atom stereocenters. The highest BCUT2D eigenvalue weighted by Crippen LogP contribution is 2.50. The van der Waals surface area contributed by atoms with Crippen LogP contribution in [-0.4, -0.2) is 5.78 Å². The van der Waals surface area contributed by atoms with Crippen molar-refractivity contribution in [1.82, 2.24) is 0 Å². The highest BCUT2D eigenvalue weighted by Gasteiger charge is 2.36. The first kappa shape index (κ1) is 32.7. The van der Waals surface area contributed by atoms with Gasteiger partial charge in [-0.15, -0.1) is 0 Å². The molecule has 0 fully saturated rings. The summed E-state index contributed by atoms with van der Waals surface area (Å²) in [5.41, 5.74) is 8.31. The van der Waals surface area contributed by atoms with Crippen LogP contribution in [0.2, 0.25) is 0 Å². The van der Waals surface area contributed by atoms with Crippen molar-refractivity contribution in [1.29, 1.82) is 0 Å². The summed E-state index contributed by atoms with van der Waals surface area (Å²) in [6.45, 7) is 11.6. The molecule has 0 N–H and O–H groups in total. The van der Waals surface area contributed by atoms with E-state index in [1.54, 1.807) is 22.9 Å².